The lowest BCUT2D eigenvalue weighted by Crippen LogP contribution is -2.00. The molecule has 0 unspecified atom stereocenters. The van der Waals surface area contributed by atoms with Gasteiger partial charge in [-0.05, 0) is 58.7 Å². The molecule has 0 N–H and O–H groups in total. The van der Waals surface area contributed by atoms with E-state index < -0.39 is 0 Å². The van der Waals surface area contributed by atoms with Crippen LogP contribution in [0.5, 0.6) is 0 Å². The first kappa shape index (κ1) is 33.9. The molecule has 0 saturated carbocycles. The van der Waals surface area contributed by atoms with Crippen molar-refractivity contribution in [3.63, 3.8) is 0 Å². The van der Waals surface area contributed by atoms with Crippen LogP contribution in [0.4, 0.5) is 0 Å². The second-order valence-electron chi connectivity index (χ2n) is 13.1. The van der Waals surface area contributed by atoms with Crippen molar-refractivity contribution >= 4 is 0 Å². The number of rotatable bonds is 8. The highest BCUT2D eigenvalue weighted by Gasteiger charge is 2.15. The van der Waals surface area contributed by atoms with E-state index in [-0.39, 0.29) is 0 Å². The molecule has 7 aromatic carbocycles. The van der Waals surface area contributed by atoms with Gasteiger partial charge < -0.3 is 0 Å². The van der Waals surface area contributed by atoms with Gasteiger partial charge in [0.25, 0.3) is 0 Å². The van der Waals surface area contributed by atoms with Crippen molar-refractivity contribution in [1.29, 1.82) is 5.26 Å². The summed E-state index contributed by atoms with van der Waals surface area (Å²) in [6.07, 6.45) is 0. The summed E-state index contributed by atoms with van der Waals surface area (Å²) in [6, 6.07) is 64.4. The Morgan fingerprint density at radius 2 is 0.518 bits per heavy atom. The van der Waals surface area contributed by atoms with Crippen LogP contribution in [0.1, 0.15) is 5.56 Å². The number of hydrogen-bond acceptors (Lipinski definition) is 7. The zero-order chi connectivity index (χ0) is 37.7. The van der Waals surface area contributed by atoms with Gasteiger partial charge in [0.15, 0.2) is 34.9 Å². The van der Waals surface area contributed by atoms with Gasteiger partial charge in [-0.25, -0.2) is 29.9 Å². The summed E-state index contributed by atoms with van der Waals surface area (Å²) in [5, 5.41) is 9.33. The minimum absolute atomic E-state index is 0.534. The second-order valence-corrected chi connectivity index (χ2v) is 13.1. The molecule has 0 amide bonds. The maximum Gasteiger partial charge on any atom is 0.164 e. The lowest BCUT2D eigenvalue weighted by Gasteiger charge is -2.11. The van der Waals surface area contributed by atoms with Crippen LogP contribution in [0.15, 0.2) is 188 Å². The number of nitrogens with zero attached hydrogens (tertiary/aromatic N) is 7. The van der Waals surface area contributed by atoms with Crippen molar-refractivity contribution in [1.82, 2.24) is 29.9 Å². The second kappa shape index (κ2) is 15.2. The fourth-order valence-electron chi connectivity index (χ4n) is 6.51. The summed E-state index contributed by atoms with van der Waals surface area (Å²) in [5.74, 6) is 3.47. The zero-order valence-corrected chi connectivity index (χ0v) is 30.0. The van der Waals surface area contributed by atoms with Gasteiger partial charge >= 0.3 is 0 Å². The van der Waals surface area contributed by atoms with Crippen molar-refractivity contribution in [3.8, 4) is 96.7 Å². The van der Waals surface area contributed by atoms with Crippen LogP contribution in [0.3, 0.4) is 0 Å². The molecule has 7 nitrogen and oxygen atoms in total. The third-order valence-corrected chi connectivity index (χ3v) is 9.43. The van der Waals surface area contributed by atoms with E-state index in [0.717, 1.165) is 55.6 Å². The molecule has 0 saturated heterocycles. The third kappa shape index (κ3) is 7.19. The Kier molecular flexibility index (Phi) is 9.18. The third-order valence-electron chi connectivity index (χ3n) is 9.43. The maximum absolute atomic E-state index is 9.33. The monoisotopic (exact) mass is 717 g/mol. The highest BCUT2D eigenvalue weighted by Crippen LogP contribution is 2.31. The molecule has 9 rings (SSSR count). The fourth-order valence-corrected chi connectivity index (χ4v) is 6.51. The Hall–Kier alpha value is -7.95. The van der Waals surface area contributed by atoms with E-state index >= 15 is 0 Å². The summed E-state index contributed by atoms with van der Waals surface area (Å²) in [6.45, 7) is 0. The number of hydrogen-bond donors (Lipinski definition) is 0. The van der Waals surface area contributed by atoms with Crippen LogP contribution in [0.2, 0.25) is 0 Å². The summed E-state index contributed by atoms with van der Waals surface area (Å²) >= 11 is 0. The van der Waals surface area contributed by atoms with Crippen molar-refractivity contribution in [2.24, 2.45) is 0 Å². The predicted molar refractivity (Wildman–Crippen MR) is 221 cm³/mol. The van der Waals surface area contributed by atoms with Gasteiger partial charge in [-0.1, -0.05) is 152 Å². The van der Waals surface area contributed by atoms with Crippen LogP contribution in [-0.4, -0.2) is 29.9 Å². The molecule has 0 atom stereocenters. The Labute approximate surface area is 324 Å². The Balaban J connectivity index is 1.07. The zero-order valence-electron chi connectivity index (χ0n) is 30.0. The summed E-state index contributed by atoms with van der Waals surface area (Å²) in [5.41, 5.74) is 10.1. The molecule has 0 aliphatic heterocycles. The van der Waals surface area contributed by atoms with Crippen molar-refractivity contribution in [3.05, 3.63) is 194 Å². The summed E-state index contributed by atoms with van der Waals surface area (Å²) in [7, 11) is 0. The molecule has 7 heteroatoms. The number of benzene rings is 7. The normalized spacial score (nSPS) is 10.8. The molecular formula is C49H31N7. The van der Waals surface area contributed by atoms with Gasteiger partial charge in [0, 0.05) is 33.4 Å². The van der Waals surface area contributed by atoms with Crippen LogP contribution < -0.4 is 0 Å². The molecule has 0 aliphatic carbocycles. The van der Waals surface area contributed by atoms with E-state index in [0.29, 0.717) is 40.5 Å². The first-order chi connectivity index (χ1) is 27.7. The van der Waals surface area contributed by atoms with E-state index in [4.69, 9.17) is 29.9 Å². The van der Waals surface area contributed by atoms with Gasteiger partial charge in [-0.15, -0.1) is 0 Å². The molecule has 56 heavy (non-hydrogen) atoms. The van der Waals surface area contributed by atoms with Crippen molar-refractivity contribution < 1.29 is 0 Å². The molecule has 0 spiro atoms. The first-order valence-corrected chi connectivity index (χ1v) is 18.2. The fraction of sp³-hybridized carbons (Fsp3) is 0. The van der Waals surface area contributed by atoms with Crippen LogP contribution >= 0.6 is 0 Å². The predicted octanol–water partition coefficient (Wildman–Crippen LogP) is 11.3. The maximum atomic E-state index is 9.33. The molecule has 0 fully saturated rings. The Morgan fingerprint density at radius 3 is 0.911 bits per heavy atom. The van der Waals surface area contributed by atoms with E-state index in [1.54, 1.807) is 12.1 Å². The lowest BCUT2D eigenvalue weighted by atomic mass is 10.0. The Morgan fingerprint density at radius 1 is 0.250 bits per heavy atom. The van der Waals surface area contributed by atoms with Crippen LogP contribution in [0, 0.1) is 11.3 Å². The van der Waals surface area contributed by atoms with Crippen molar-refractivity contribution in [2.75, 3.05) is 0 Å². The molecule has 0 radical (unpaired) electrons. The average Bonchev–Trinajstić information content (AvgIpc) is 3.30. The van der Waals surface area contributed by atoms with E-state index in [1.165, 1.54) is 0 Å². The molecular weight excluding hydrogens is 687 g/mol. The smallest absolute Gasteiger partial charge is 0.164 e. The topological polar surface area (TPSA) is 101 Å². The molecule has 262 valence electrons. The minimum Gasteiger partial charge on any atom is -0.208 e. The Bertz CT molecular complexity index is 2840. The van der Waals surface area contributed by atoms with Gasteiger partial charge in [-0.2, -0.15) is 5.26 Å². The van der Waals surface area contributed by atoms with Gasteiger partial charge in [-0.3, -0.25) is 0 Å². The molecule has 0 bridgehead atoms. The molecule has 2 heterocycles. The molecule has 9 aromatic rings. The van der Waals surface area contributed by atoms with Crippen LogP contribution in [0.25, 0.3) is 90.6 Å². The average molecular weight is 718 g/mol. The van der Waals surface area contributed by atoms with E-state index in [2.05, 4.69) is 66.7 Å². The summed E-state index contributed by atoms with van der Waals surface area (Å²) < 4.78 is 0. The van der Waals surface area contributed by atoms with Gasteiger partial charge in [0.2, 0.25) is 0 Å². The lowest BCUT2D eigenvalue weighted by molar-refractivity contribution is 1.07. The van der Waals surface area contributed by atoms with Gasteiger partial charge in [0.1, 0.15) is 0 Å². The standard InChI is InChI=1S/C49H31N7/c50-32-33-22-24-38(25-23-33)46-51-44(36-14-6-2-7-15-36)53-49(55-46)43-21-11-19-41(31-43)35-26-28-39(29-27-35)47-52-45(37-16-8-3-9-17-37)54-48(56-47)42-20-10-18-40(30-42)34-12-4-1-5-13-34/h1-31H. The number of nitriles is 1. The highest BCUT2D eigenvalue weighted by atomic mass is 15.0. The molecule has 0 aliphatic rings. The number of aromatic nitrogens is 6. The van der Waals surface area contributed by atoms with E-state index in [9.17, 15) is 5.26 Å². The van der Waals surface area contributed by atoms with Crippen molar-refractivity contribution in [2.45, 2.75) is 0 Å². The van der Waals surface area contributed by atoms with E-state index in [1.807, 2.05) is 115 Å². The van der Waals surface area contributed by atoms with Crippen LogP contribution in [-0.2, 0) is 0 Å². The first-order valence-electron chi connectivity index (χ1n) is 18.2. The quantitative estimate of drug-likeness (QED) is 0.154. The highest BCUT2D eigenvalue weighted by molar-refractivity contribution is 5.76. The summed E-state index contributed by atoms with van der Waals surface area (Å²) in [4.78, 5) is 29.5. The molecule has 2 aromatic heterocycles. The van der Waals surface area contributed by atoms with Gasteiger partial charge in [0.05, 0.1) is 11.6 Å². The SMILES string of the molecule is N#Cc1ccc(-c2nc(-c3ccccc3)nc(-c3cccc(-c4ccc(-c5nc(-c6ccccc6)nc(-c6cccc(-c7ccccc7)c6)n5)cc4)c3)n2)cc1. The minimum atomic E-state index is 0.534. The largest absolute Gasteiger partial charge is 0.208 e.